The van der Waals surface area contributed by atoms with Gasteiger partial charge in [-0.2, -0.15) is 13.2 Å². The Morgan fingerprint density at radius 2 is 2.08 bits per heavy atom. The van der Waals surface area contributed by atoms with E-state index in [2.05, 4.69) is 0 Å². The Morgan fingerprint density at radius 1 is 1.35 bits per heavy atom. The van der Waals surface area contributed by atoms with E-state index in [0.29, 0.717) is 12.4 Å². The van der Waals surface area contributed by atoms with Crippen molar-refractivity contribution < 1.29 is 32.2 Å². The molecular formula is C17H14F3NO4S. The SMILES string of the molecule is C[C@@H](OC(=O)c1cc2c(s1)-c1ccccc1OC2)C(=O)NCC(F)(F)F. The number of para-hydroxylation sites is 1. The number of halogens is 3. The van der Waals surface area contributed by atoms with Crippen LogP contribution in [0.1, 0.15) is 22.2 Å². The lowest BCUT2D eigenvalue weighted by molar-refractivity contribution is -0.143. The Bertz CT molecular complexity index is 847. The van der Waals surface area contributed by atoms with Crippen molar-refractivity contribution in [2.45, 2.75) is 25.8 Å². The highest BCUT2D eigenvalue weighted by Crippen LogP contribution is 2.42. The molecule has 1 aromatic carbocycles. The lowest BCUT2D eigenvalue weighted by Crippen LogP contribution is -2.40. The molecule has 1 aliphatic rings. The van der Waals surface area contributed by atoms with E-state index in [1.54, 1.807) is 11.4 Å². The molecule has 26 heavy (non-hydrogen) atoms. The van der Waals surface area contributed by atoms with Gasteiger partial charge in [-0.25, -0.2) is 4.79 Å². The Labute approximate surface area is 150 Å². The smallest absolute Gasteiger partial charge is 0.405 e. The van der Waals surface area contributed by atoms with Crippen LogP contribution in [0, 0.1) is 0 Å². The number of benzene rings is 1. The molecule has 1 N–H and O–H groups in total. The first kappa shape index (κ1) is 18.2. The van der Waals surface area contributed by atoms with Crippen LogP contribution in [0.15, 0.2) is 30.3 Å². The summed E-state index contributed by atoms with van der Waals surface area (Å²) >= 11 is 1.19. The summed E-state index contributed by atoms with van der Waals surface area (Å²) in [5, 5.41) is 1.68. The molecule has 0 bridgehead atoms. The second-order valence-corrected chi connectivity index (χ2v) is 6.68. The number of hydrogen-bond acceptors (Lipinski definition) is 5. The third-order valence-electron chi connectivity index (χ3n) is 3.64. The molecule has 3 rings (SSSR count). The van der Waals surface area contributed by atoms with Crippen molar-refractivity contribution in [2.75, 3.05) is 6.54 Å². The normalized spacial score (nSPS) is 13.8. The Balaban J connectivity index is 1.68. The molecular weight excluding hydrogens is 371 g/mol. The van der Waals surface area contributed by atoms with Gasteiger partial charge in [0.2, 0.25) is 0 Å². The predicted octanol–water partition coefficient (Wildman–Crippen LogP) is 3.53. The molecule has 1 aliphatic heterocycles. The number of ether oxygens (including phenoxy) is 2. The van der Waals surface area contributed by atoms with Gasteiger partial charge in [0.15, 0.2) is 6.10 Å². The zero-order valence-corrected chi connectivity index (χ0v) is 14.4. The monoisotopic (exact) mass is 385 g/mol. The fraction of sp³-hybridized carbons (Fsp3) is 0.294. The molecule has 0 saturated carbocycles. The summed E-state index contributed by atoms with van der Waals surface area (Å²) in [7, 11) is 0. The first-order valence-electron chi connectivity index (χ1n) is 7.65. The van der Waals surface area contributed by atoms with Gasteiger partial charge in [-0.3, -0.25) is 4.79 Å². The van der Waals surface area contributed by atoms with Crippen LogP contribution >= 0.6 is 11.3 Å². The van der Waals surface area contributed by atoms with Gasteiger partial charge >= 0.3 is 12.1 Å². The summed E-state index contributed by atoms with van der Waals surface area (Å²) in [6.45, 7) is 0.0441. The van der Waals surface area contributed by atoms with Crippen LogP contribution in [-0.4, -0.2) is 30.7 Å². The topological polar surface area (TPSA) is 64.6 Å². The minimum absolute atomic E-state index is 0.255. The summed E-state index contributed by atoms with van der Waals surface area (Å²) in [5.41, 5.74) is 1.67. The zero-order valence-electron chi connectivity index (χ0n) is 13.6. The number of alkyl halides is 3. The second-order valence-electron chi connectivity index (χ2n) is 5.63. The van der Waals surface area contributed by atoms with Crippen LogP contribution in [0.2, 0.25) is 0 Å². The largest absolute Gasteiger partial charge is 0.488 e. The number of rotatable bonds is 4. The molecule has 138 valence electrons. The minimum atomic E-state index is -4.53. The van der Waals surface area contributed by atoms with Gasteiger partial charge in [-0.1, -0.05) is 12.1 Å². The molecule has 1 amide bonds. The van der Waals surface area contributed by atoms with Crippen molar-refractivity contribution in [3.05, 3.63) is 40.8 Å². The maximum atomic E-state index is 12.2. The van der Waals surface area contributed by atoms with Crippen LogP contribution in [0.3, 0.4) is 0 Å². The van der Waals surface area contributed by atoms with Crippen molar-refractivity contribution in [2.24, 2.45) is 0 Å². The maximum absolute atomic E-state index is 12.2. The van der Waals surface area contributed by atoms with Crippen LogP contribution in [0.25, 0.3) is 10.4 Å². The first-order chi connectivity index (χ1) is 12.2. The van der Waals surface area contributed by atoms with Gasteiger partial charge in [0.1, 0.15) is 23.8 Å². The quantitative estimate of drug-likeness (QED) is 0.818. The number of hydrogen-bond donors (Lipinski definition) is 1. The van der Waals surface area contributed by atoms with E-state index in [0.717, 1.165) is 16.0 Å². The number of carbonyl (C=O) groups excluding carboxylic acids is 2. The third-order valence-corrected chi connectivity index (χ3v) is 4.83. The maximum Gasteiger partial charge on any atom is 0.405 e. The van der Waals surface area contributed by atoms with Crippen LogP contribution in [0.4, 0.5) is 13.2 Å². The molecule has 0 unspecified atom stereocenters. The van der Waals surface area contributed by atoms with Gasteiger partial charge < -0.3 is 14.8 Å². The highest BCUT2D eigenvalue weighted by Gasteiger charge is 2.30. The van der Waals surface area contributed by atoms with Crippen molar-refractivity contribution >= 4 is 23.2 Å². The van der Waals surface area contributed by atoms with Crippen molar-refractivity contribution in [1.29, 1.82) is 0 Å². The van der Waals surface area contributed by atoms with Crippen molar-refractivity contribution in [3.8, 4) is 16.2 Å². The number of thiophene rings is 1. The average Bonchev–Trinajstić information content (AvgIpc) is 3.03. The molecule has 2 aromatic rings. The fourth-order valence-corrected chi connectivity index (χ4v) is 3.48. The fourth-order valence-electron chi connectivity index (χ4n) is 2.40. The Kier molecular flexibility index (Phi) is 4.90. The molecule has 2 heterocycles. The molecule has 0 spiro atoms. The molecule has 0 saturated heterocycles. The Morgan fingerprint density at radius 3 is 2.81 bits per heavy atom. The van der Waals surface area contributed by atoms with Crippen molar-refractivity contribution in [3.63, 3.8) is 0 Å². The number of carbonyl (C=O) groups is 2. The Hall–Kier alpha value is -2.55. The average molecular weight is 385 g/mol. The lowest BCUT2D eigenvalue weighted by Gasteiger charge is -2.16. The van der Waals surface area contributed by atoms with E-state index in [4.69, 9.17) is 9.47 Å². The molecule has 9 heteroatoms. The summed E-state index contributed by atoms with van der Waals surface area (Å²) < 4.78 is 47.0. The molecule has 0 aliphatic carbocycles. The van der Waals surface area contributed by atoms with Gasteiger partial charge in [-0.05, 0) is 25.1 Å². The van der Waals surface area contributed by atoms with E-state index < -0.39 is 30.7 Å². The lowest BCUT2D eigenvalue weighted by atomic mass is 10.1. The van der Waals surface area contributed by atoms with Crippen LogP contribution in [0.5, 0.6) is 5.75 Å². The highest BCUT2D eigenvalue weighted by atomic mass is 32.1. The van der Waals surface area contributed by atoms with Gasteiger partial charge in [-0.15, -0.1) is 11.3 Å². The number of esters is 1. The van der Waals surface area contributed by atoms with Gasteiger partial charge in [0, 0.05) is 16.0 Å². The third kappa shape index (κ3) is 3.98. The zero-order chi connectivity index (χ0) is 18.9. The predicted molar refractivity (Wildman–Crippen MR) is 88.0 cm³/mol. The van der Waals surface area contributed by atoms with E-state index in [1.165, 1.54) is 18.3 Å². The van der Waals surface area contributed by atoms with Gasteiger partial charge in [0.25, 0.3) is 5.91 Å². The van der Waals surface area contributed by atoms with E-state index in [-0.39, 0.29) is 4.88 Å². The molecule has 1 aromatic heterocycles. The standard InChI is InChI=1S/C17H14F3NO4S/c1-9(15(22)21-8-17(18,19)20)25-16(23)13-6-10-7-24-12-5-3-2-4-11(12)14(10)26-13/h2-6,9H,7-8H2,1H3,(H,21,22)/t9-/m1/s1. The van der Waals surface area contributed by atoms with Crippen molar-refractivity contribution in [1.82, 2.24) is 5.32 Å². The van der Waals surface area contributed by atoms with Crippen LogP contribution < -0.4 is 10.1 Å². The number of nitrogens with one attached hydrogen (secondary N) is 1. The number of amides is 1. The number of fused-ring (bicyclic) bond motifs is 3. The van der Waals surface area contributed by atoms with Crippen LogP contribution in [-0.2, 0) is 16.1 Å². The second kappa shape index (κ2) is 6.99. The summed E-state index contributed by atoms with van der Waals surface area (Å²) in [6, 6.07) is 8.99. The molecule has 1 atom stereocenters. The highest BCUT2D eigenvalue weighted by molar-refractivity contribution is 7.17. The summed E-state index contributed by atoms with van der Waals surface area (Å²) in [4.78, 5) is 25.0. The van der Waals surface area contributed by atoms with Gasteiger partial charge in [0.05, 0.1) is 0 Å². The molecule has 0 fully saturated rings. The van der Waals surface area contributed by atoms with E-state index in [1.807, 2.05) is 24.3 Å². The molecule has 0 radical (unpaired) electrons. The molecule has 5 nitrogen and oxygen atoms in total. The summed E-state index contributed by atoms with van der Waals surface area (Å²) in [6.07, 6.45) is -5.87. The van der Waals surface area contributed by atoms with E-state index in [9.17, 15) is 22.8 Å². The minimum Gasteiger partial charge on any atom is -0.488 e. The summed E-state index contributed by atoms with van der Waals surface area (Å²) in [5.74, 6) is -1.07. The first-order valence-corrected chi connectivity index (χ1v) is 8.46. The van der Waals surface area contributed by atoms with E-state index >= 15 is 0 Å².